The van der Waals surface area contributed by atoms with Crippen molar-refractivity contribution in [1.82, 2.24) is 18.6 Å². The van der Waals surface area contributed by atoms with E-state index in [1.807, 2.05) is 29.8 Å². The Morgan fingerprint density at radius 3 is 2.68 bits per heavy atom. The number of fused-ring (bicyclic) bond motifs is 1. The molecule has 1 aliphatic heterocycles. The molecule has 0 saturated carbocycles. The molecule has 9 heteroatoms. The highest BCUT2D eigenvalue weighted by Gasteiger charge is 2.29. The number of piperidine rings is 1. The van der Waals surface area contributed by atoms with Crippen molar-refractivity contribution in [2.24, 2.45) is 0 Å². The Kier molecular flexibility index (Phi) is 4.70. The third-order valence-electron chi connectivity index (χ3n) is 4.68. The standard InChI is InChI=1S/C16H23N5O3S/c1-12-10-13(11-20-9-6-17-15(12)20)18-16(22)19(2)14-4-7-21(8-5-14)25(3,23)24/h6,9-11,14H,4-5,7-8H2,1-3H3,(H,18,22). The zero-order valence-corrected chi connectivity index (χ0v) is 15.5. The highest BCUT2D eigenvalue weighted by atomic mass is 32.2. The van der Waals surface area contributed by atoms with Gasteiger partial charge in [-0.3, -0.25) is 0 Å². The van der Waals surface area contributed by atoms with Gasteiger partial charge in [-0.2, -0.15) is 0 Å². The second kappa shape index (κ2) is 6.64. The number of nitrogens with one attached hydrogen (secondary N) is 1. The molecule has 3 rings (SSSR count). The van der Waals surface area contributed by atoms with Gasteiger partial charge < -0.3 is 14.6 Å². The molecule has 0 unspecified atom stereocenters. The first-order valence-electron chi connectivity index (χ1n) is 8.18. The number of carbonyl (C=O) groups is 1. The van der Waals surface area contributed by atoms with Gasteiger partial charge in [-0.15, -0.1) is 0 Å². The van der Waals surface area contributed by atoms with Crippen LogP contribution < -0.4 is 5.32 Å². The van der Waals surface area contributed by atoms with Crippen LogP contribution in [0.3, 0.4) is 0 Å². The molecule has 2 aromatic heterocycles. The number of imidazole rings is 1. The van der Waals surface area contributed by atoms with Gasteiger partial charge in [-0.1, -0.05) is 0 Å². The third-order valence-corrected chi connectivity index (χ3v) is 5.99. The summed E-state index contributed by atoms with van der Waals surface area (Å²) in [7, 11) is -1.41. The molecule has 3 heterocycles. The predicted octanol–water partition coefficient (Wildman–Crippen LogP) is 1.53. The molecule has 1 N–H and O–H groups in total. The maximum atomic E-state index is 12.5. The van der Waals surface area contributed by atoms with E-state index in [0.29, 0.717) is 31.6 Å². The van der Waals surface area contributed by atoms with Gasteiger partial charge in [0.25, 0.3) is 0 Å². The lowest BCUT2D eigenvalue weighted by molar-refractivity contribution is 0.174. The van der Waals surface area contributed by atoms with E-state index in [1.54, 1.807) is 18.1 Å². The summed E-state index contributed by atoms with van der Waals surface area (Å²) in [5.41, 5.74) is 2.54. The van der Waals surface area contributed by atoms with E-state index in [2.05, 4.69) is 10.3 Å². The maximum absolute atomic E-state index is 12.5. The highest BCUT2D eigenvalue weighted by molar-refractivity contribution is 7.88. The fraction of sp³-hybridized carbons (Fsp3) is 0.500. The molecular formula is C16H23N5O3S. The number of carbonyl (C=O) groups excluding carboxylic acids is 1. The number of pyridine rings is 1. The molecule has 2 amide bonds. The van der Waals surface area contributed by atoms with Crippen LogP contribution in [0.25, 0.3) is 5.65 Å². The van der Waals surface area contributed by atoms with E-state index in [1.165, 1.54) is 10.6 Å². The van der Waals surface area contributed by atoms with Crippen molar-refractivity contribution in [3.63, 3.8) is 0 Å². The minimum Gasteiger partial charge on any atom is -0.325 e. The number of nitrogens with zero attached hydrogens (tertiary/aromatic N) is 4. The monoisotopic (exact) mass is 365 g/mol. The minimum absolute atomic E-state index is 0.0241. The van der Waals surface area contributed by atoms with Gasteiger partial charge >= 0.3 is 6.03 Å². The first kappa shape index (κ1) is 17.7. The number of urea groups is 1. The molecule has 1 fully saturated rings. The molecule has 0 bridgehead atoms. The lowest BCUT2D eigenvalue weighted by Gasteiger charge is -2.35. The van der Waals surface area contributed by atoms with Crippen molar-refractivity contribution in [2.45, 2.75) is 25.8 Å². The Bertz CT molecular complexity index is 884. The molecule has 136 valence electrons. The lowest BCUT2D eigenvalue weighted by Crippen LogP contribution is -2.48. The topological polar surface area (TPSA) is 87.0 Å². The quantitative estimate of drug-likeness (QED) is 0.894. The summed E-state index contributed by atoms with van der Waals surface area (Å²) in [6.07, 6.45) is 7.87. The van der Waals surface area contributed by atoms with Crippen LogP contribution in [0.1, 0.15) is 18.4 Å². The smallest absolute Gasteiger partial charge is 0.321 e. The largest absolute Gasteiger partial charge is 0.325 e. The number of hydrogen-bond donors (Lipinski definition) is 1. The Balaban J connectivity index is 1.64. The Morgan fingerprint density at radius 1 is 1.36 bits per heavy atom. The highest BCUT2D eigenvalue weighted by Crippen LogP contribution is 2.20. The summed E-state index contributed by atoms with van der Waals surface area (Å²) in [5, 5.41) is 2.91. The molecule has 1 saturated heterocycles. The molecule has 0 radical (unpaired) electrons. The van der Waals surface area contributed by atoms with Crippen LogP contribution in [0.2, 0.25) is 0 Å². The number of aromatic nitrogens is 2. The first-order chi connectivity index (χ1) is 11.8. The number of hydrogen-bond acceptors (Lipinski definition) is 4. The van der Waals surface area contributed by atoms with Crippen molar-refractivity contribution in [1.29, 1.82) is 0 Å². The van der Waals surface area contributed by atoms with E-state index in [-0.39, 0.29) is 12.1 Å². The number of rotatable bonds is 3. The average molecular weight is 365 g/mol. The van der Waals surface area contributed by atoms with Gasteiger partial charge in [0, 0.05) is 44.8 Å². The fourth-order valence-corrected chi connectivity index (χ4v) is 4.09. The second-order valence-corrected chi connectivity index (χ2v) is 8.49. The molecule has 1 aliphatic rings. The van der Waals surface area contributed by atoms with Gasteiger partial charge in [-0.05, 0) is 31.4 Å². The van der Waals surface area contributed by atoms with Crippen LogP contribution in [0.15, 0.2) is 24.7 Å². The molecule has 0 atom stereocenters. The molecule has 8 nitrogen and oxygen atoms in total. The predicted molar refractivity (Wildman–Crippen MR) is 96.1 cm³/mol. The van der Waals surface area contributed by atoms with Gasteiger partial charge in [0.15, 0.2) is 0 Å². The Morgan fingerprint density at radius 2 is 2.04 bits per heavy atom. The summed E-state index contributed by atoms with van der Waals surface area (Å²) >= 11 is 0. The number of anilines is 1. The number of aryl methyl sites for hydroxylation is 1. The van der Waals surface area contributed by atoms with E-state index in [9.17, 15) is 13.2 Å². The molecule has 25 heavy (non-hydrogen) atoms. The van der Waals surface area contributed by atoms with Crippen LogP contribution in [-0.4, -0.2) is 65.5 Å². The van der Waals surface area contributed by atoms with Gasteiger partial charge in [0.1, 0.15) is 5.65 Å². The van der Waals surface area contributed by atoms with Crippen LogP contribution >= 0.6 is 0 Å². The van der Waals surface area contributed by atoms with Crippen LogP contribution in [0, 0.1) is 6.92 Å². The van der Waals surface area contributed by atoms with Crippen LogP contribution in [-0.2, 0) is 10.0 Å². The number of amides is 2. The van der Waals surface area contributed by atoms with Crippen molar-refractivity contribution in [2.75, 3.05) is 31.7 Å². The zero-order valence-electron chi connectivity index (χ0n) is 14.6. The van der Waals surface area contributed by atoms with E-state index in [0.717, 1.165) is 11.2 Å². The van der Waals surface area contributed by atoms with Gasteiger partial charge in [0.2, 0.25) is 10.0 Å². The van der Waals surface area contributed by atoms with Crippen molar-refractivity contribution >= 4 is 27.4 Å². The Hall–Kier alpha value is -2.13. The van der Waals surface area contributed by atoms with E-state index >= 15 is 0 Å². The SMILES string of the molecule is Cc1cc(NC(=O)N(C)C2CCN(S(C)(=O)=O)CC2)cn2ccnc12. The minimum atomic E-state index is -3.16. The summed E-state index contributed by atoms with van der Waals surface area (Å²) in [6.45, 7) is 2.84. The average Bonchev–Trinajstić information content (AvgIpc) is 3.02. The molecular weight excluding hydrogens is 342 g/mol. The molecule has 0 spiro atoms. The first-order valence-corrected chi connectivity index (χ1v) is 10.0. The van der Waals surface area contributed by atoms with Crippen molar-refractivity contribution in [3.05, 3.63) is 30.2 Å². The fourth-order valence-electron chi connectivity index (χ4n) is 3.21. The normalized spacial score (nSPS) is 16.9. The molecule has 0 aliphatic carbocycles. The lowest BCUT2D eigenvalue weighted by atomic mass is 10.1. The summed E-state index contributed by atoms with van der Waals surface area (Å²) in [6, 6.07) is 1.72. The number of sulfonamides is 1. The summed E-state index contributed by atoms with van der Waals surface area (Å²) < 4.78 is 26.5. The molecule has 0 aromatic carbocycles. The Labute approximate surface area is 147 Å². The van der Waals surface area contributed by atoms with Gasteiger partial charge in [0.05, 0.1) is 11.9 Å². The van der Waals surface area contributed by atoms with Crippen LogP contribution in [0.4, 0.5) is 10.5 Å². The summed E-state index contributed by atoms with van der Waals surface area (Å²) in [4.78, 5) is 18.5. The van der Waals surface area contributed by atoms with Crippen molar-refractivity contribution in [3.8, 4) is 0 Å². The third kappa shape index (κ3) is 3.77. The molecule has 2 aromatic rings. The van der Waals surface area contributed by atoms with Crippen molar-refractivity contribution < 1.29 is 13.2 Å². The van der Waals surface area contributed by atoms with Crippen LogP contribution in [0.5, 0.6) is 0 Å². The zero-order chi connectivity index (χ0) is 18.2. The second-order valence-electron chi connectivity index (χ2n) is 6.50. The van der Waals surface area contributed by atoms with Gasteiger partial charge in [-0.25, -0.2) is 22.5 Å². The van der Waals surface area contributed by atoms with E-state index in [4.69, 9.17) is 0 Å². The summed E-state index contributed by atoms with van der Waals surface area (Å²) in [5.74, 6) is 0. The van der Waals surface area contributed by atoms with E-state index < -0.39 is 10.0 Å². The maximum Gasteiger partial charge on any atom is 0.321 e.